The van der Waals surface area contributed by atoms with Crippen molar-refractivity contribution in [2.75, 3.05) is 7.05 Å². The molecule has 0 aliphatic carbocycles. The zero-order valence-corrected chi connectivity index (χ0v) is 8.70. The highest BCUT2D eigenvalue weighted by Gasteiger charge is 2.06. The second kappa shape index (κ2) is 5.51. The number of nitrogens with zero attached hydrogens (tertiary/aromatic N) is 1. The van der Waals surface area contributed by atoms with Crippen molar-refractivity contribution in [3.05, 3.63) is 12.3 Å². The maximum absolute atomic E-state index is 11.3. The van der Waals surface area contributed by atoms with Crippen LogP contribution in [0.4, 0.5) is 0 Å². The van der Waals surface area contributed by atoms with Gasteiger partial charge in [0.05, 0.1) is 0 Å². The molecule has 0 radical (unpaired) electrons. The molecule has 0 aromatic rings. The highest BCUT2D eigenvalue weighted by molar-refractivity contribution is 5.91. The van der Waals surface area contributed by atoms with Gasteiger partial charge in [-0.05, 0) is 12.5 Å². The molecule has 0 bridgehead atoms. The third-order valence-corrected chi connectivity index (χ3v) is 2.06. The molecule has 0 aliphatic heterocycles. The van der Waals surface area contributed by atoms with Gasteiger partial charge >= 0.3 is 0 Å². The zero-order chi connectivity index (χ0) is 10.4. The standard InChI is InChI=1S/C10H17NO2/c1-5-8(2)10(13)6-7-11(4)9(3)12/h6-8H,5H2,1-4H3/b7-6-. The van der Waals surface area contributed by atoms with Crippen LogP contribution in [0.25, 0.3) is 0 Å². The van der Waals surface area contributed by atoms with Gasteiger partial charge in [0, 0.05) is 26.1 Å². The average molecular weight is 183 g/mol. The van der Waals surface area contributed by atoms with Crippen LogP contribution in [0.1, 0.15) is 27.2 Å². The summed E-state index contributed by atoms with van der Waals surface area (Å²) >= 11 is 0. The minimum absolute atomic E-state index is 0.0385. The number of carbonyl (C=O) groups is 2. The van der Waals surface area contributed by atoms with Crippen molar-refractivity contribution >= 4 is 11.7 Å². The molecule has 0 rings (SSSR count). The van der Waals surface area contributed by atoms with Crippen LogP contribution in [0.3, 0.4) is 0 Å². The molecule has 0 spiro atoms. The van der Waals surface area contributed by atoms with E-state index >= 15 is 0 Å². The molecule has 0 aromatic heterocycles. The Morgan fingerprint density at radius 3 is 2.38 bits per heavy atom. The third-order valence-electron chi connectivity index (χ3n) is 2.06. The van der Waals surface area contributed by atoms with Crippen LogP contribution in [-0.4, -0.2) is 23.6 Å². The molecule has 1 atom stereocenters. The Labute approximate surface area is 79.4 Å². The third kappa shape index (κ3) is 4.45. The maximum atomic E-state index is 11.3. The van der Waals surface area contributed by atoms with E-state index in [1.165, 1.54) is 24.1 Å². The van der Waals surface area contributed by atoms with Gasteiger partial charge in [-0.3, -0.25) is 9.59 Å². The molecule has 0 aliphatic rings. The first-order chi connectivity index (χ1) is 5.99. The second-order valence-corrected chi connectivity index (χ2v) is 3.16. The average Bonchev–Trinajstić information content (AvgIpc) is 2.11. The summed E-state index contributed by atoms with van der Waals surface area (Å²) in [5.41, 5.74) is 0. The van der Waals surface area contributed by atoms with Crippen molar-refractivity contribution in [3.63, 3.8) is 0 Å². The predicted molar refractivity (Wildman–Crippen MR) is 52.0 cm³/mol. The van der Waals surface area contributed by atoms with Crippen molar-refractivity contribution < 1.29 is 9.59 Å². The van der Waals surface area contributed by atoms with Crippen molar-refractivity contribution in [2.45, 2.75) is 27.2 Å². The van der Waals surface area contributed by atoms with Gasteiger partial charge in [0.15, 0.2) is 5.78 Å². The van der Waals surface area contributed by atoms with Crippen LogP contribution in [-0.2, 0) is 9.59 Å². The Morgan fingerprint density at radius 2 is 2.00 bits per heavy atom. The van der Waals surface area contributed by atoms with Crippen LogP contribution in [0.5, 0.6) is 0 Å². The van der Waals surface area contributed by atoms with Gasteiger partial charge in [0.1, 0.15) is 0 Å². The smallest absolute Gasteiger partial charge is 0.223 e. The van der Waals surface area contributed by atoms with E-state index in [2.05, 4.69) is 0 Å². The van der Waals surface area contributed by atoms with E-state index in [1.807, 2.05) is 13.8 Å². The SMILES string of the molecule is CCC(C)C(=O)/C=C\N(C)C(C)=O. The van der Waals surface area contributed by atoms with Gasteiger partial charge in [0.2, 0.25) is 5.91 Å². The number of carbonyl (C=O) groups excluding carboxylic acids is 2. The Kier molecular flexibility index (Phi) is 5.04. The Hall–Kier alpha value is -1.12. The molecule has 0 aromatic carbocycles. The molecule has 1 amide bonds. The van der Waals surface area contributed by atoms with Crippen LogP contribution in [0.2, 0.25) is 0 Å². The lowest BCUT2D eigenvalue weighted by Crippen LogP contribution is -2.17. The summed E-state index contributed by atoms with van der Waals surface area (Å²) in [6.07, 6.45) is 3.79. The van der Waals surface area contributed by atoms with Crippen molar-refractivity contribution in [3.8, 4) is 0 Å². The predicted octanol–water partition coefficient (Wildman–Crippen LogP) is 1.59. The lowest BCUT2D eigenvalue weighted by atomic mass is 10.0. The fourth-order valence-electron chi connectivity index (χ4n) is 0.656. The first-order valence-electron chi connectivity index (χ1n) is 4.44. The molecule has 0 heterocycles. The van der Waals surface area contributed by atoms with Crippen LogP contribution >= 0.6 is 0 Å². The molecule has 0 saturated heterocycles. The summed E-state index contributed by atoms with van der Waals surface area (Å²) in [6.45, 7) is 5.30. The van der Waals surface area contributed by atoms with Gasteiger partial charge in [-0.2, -0.15) is 0 Å². The minimum Gasteiger partial charge on any atom is -0.322 e. The Morgan fingerprint density at radius 1 is 1.46 bits per heavy atom. The van der Waals surface area contributed by atoms with E-state index in [0.29, 0.717) is 0 Å². The largest absolute Gasteiger partial charge is 0.322 e. The first kappa shape index (κ1) is 11.9. The summed E-state index contributed by atoms with van der Waals surface area (Å²) in [7, 11) is 1.63. The molecule has 3 heteroatoms. The van der Waals surface area contributed by atoms with Crippen LogP contribution < -0.4 is 0 Å². The molecular weight excluding hydrogens is 166 g/mol. The molecule has 3 nitrogen and oxygen atoms in total. The number of ketones is 1. The second-order valence-electron chi connectivity index (χ2n) is 3.16. The lowest BCUT2D eigenvalue weighted by Gasteiger charge is -2.08. The summed E-state index contributed by atoms with van der Waals surface area (Å²) < 4.78 is 0. The van der Waals surface area contributed by atoms with E-state index in [-0.39, 0.29) is 17.6 Å². The molecule has 0 fully saturated rings. The van der Waals surface area contributed by atoms with Crippen molar-refractivity contribution in [1.29, 1.82) is 0 Å². The highest BCUT2D eigenvalue weighted by atomic mass is 16.2. The van der Waals surface area contributed by atoms with Crippen LogP contribution in [0, 0.1) is 5.92 Å². The lowest BCUT2D eigenvalue weighted by molar-refractivity contribution is -0.125. The summed E-state index contributed by atoms with van der Waals surface area (Å²) in [5.74, 6) is 0.0282. The molecule has 1 unspecified atom stereocenters. The van der Waals surface area contributed by atoms with Gasteiger partial charge in [-0.1, -0.05) is 13.8 Å². The minimum atomic E-state index is -0.0757. The number of allylic oxidation sites excluding steroid dienone is 1. The quantitative estimate of drug-likeness (QED) is 0.621. The number of amides is 1. The highest BCUT2D eigenvalue weighted by Crippen LogP contribution is 2.03. The Bertz CT molecular complexity index is 221. The normalized spacial score (nSPS) is 12.9. The fraction of sp³-hybridized carbons (Fsp3) is 0.600. The van der Waals surface area contributed by atoms with Gasteiger partial charge in [-0.25, -0.2) is 0 Å². The van der Waals surface area contributed by atoms with E-state index in [1.54, 1.807) is 7.05 Å². The summed E-state index contributed by atoms with van der Waals surface area (Å²) in [4.78, 5) is 23.4. The number of rotatable bonds is 4. The van der Waals surface area contributed by atoms with Crippen molar-refractivity contribution in [2.24, 2.45) is 5.92 Å². The molecular formula is C10H17NO2. The topological polar surface area (TPSA) is 37.4 Å². The van der Waals surface area contributed by atoms with Crippen LogP contribution in [0.15, 0.2) is 12.3 Å². The fourth-order valence-corrected chi connectivity index (χ4v) is 0.656. The zero-order valence-electron chi connectivity index (χ0n) is 8.70. The monoisotopic (exact) mass is 183 g/mol. The maximum Gasteiger partial charge on any atom is 0.223 e. The summed E-state index contributed by atoms with van der Waals surface area (Å²) in [6, 6.07) is 0. The number of hydrogen-bond acceptors (Lipinski definition) is 2. The van der Waals surface area contributed by atoms with E-state index in [9.17, 15) is 9.59 Å². The van der Waals surface area contributed by atoms with Gasteiger partial charge in [0.25, 0.3) is 0 Å². The Balaban J connectivity index is 4.12. The van der Waals surface area contributed by atoms with E-state index in [0.717, 1.165) is 6.42 Å². The summed E-state index contributed by atoms with van der Waals surface area (Å²) in [5, 5.41) is 0. The molecule has 74 valence electrons. The number of hydrogen-bond donors (Lipinski definition) is 0. The molecule has 0 N–H and O–H groups in total. The molecule has 0 saturated carbocycles. The van der Waals surface area contributed by atoms with Gasteiger partial charge < -0.3 is 4.90 Å². The molecule has 13 heavy (non-hydrogen) atoms. The van der Waals surface area contributed by atoms with E-state index < -0.39 is 0 Å². The van der Waals surface area contributed by atoms with Gasteiger partial charge in [-0.15, -0.1) is 0 Å². The van der Waals surface area contributed by atoms with E-state index in [4.69, 9.17) is 0 Å². The van der Waals surface area contributed by atoms with Crippen molar-refractivity contribution in [1.82, 2.24) is 4.90 Å². The first-order valence-corrected chi connectivity index (χ1v) is 4.44.